The van der Waals surface area contributed by atoms with Crippen molar-refractivity contribution in [1.29, 1.82) is 0 Å². The quantitative estimate of drug-likeness (QED) is 0.856. The van der Waals surface area contributed by atoms with Crippen LogP contribution < -0.4 is 5.32 Å². The van der Waals surface area contributed by atoms with Gasteiger partial charge >= 0.3 is 0 Å². The van der Waals surface area contributed by atoms with E-state index < -0.39 is 0 Å². The molecule has 0 radical (unpaired) electrons. The Morgan fingerprint density at radius 3 is 3.06 bits per heavy atom. The van der Waals surface area contributed by atoms with Crippen LogP contribution in [-0.2, 0) is 0 Å². The van der Waals surface area contributed by atoms with Gasteiger partial charge in [-0.3, -0.25) is 0 Å². The number of nitrogens with one attached hydrogen (secondary N) is 1. The molecule has 0 spiro atoms. The van der Waals surface area contributed by atoms with Gasteiger partial charge in [0.25, 0.3) is 0 Å². The predicted molar refractivity (Wildman–Crippen MR) is 74.3 cm³/mol. The van der Waals surface area contributed by atoms with Gasteiger partial charge in [-0.15, -0.1) is 11.3 Å². The van der Waals surface area contributed by atoms with Crippen LogP contribution in [0.2, 0.25) is 0 Å². The Labute approximate surface area is 109 Å². The normalized spacial score (nSPS) is 26.9. The first-order chi connectivity index (χ1) is 8.29. The van der Waals surface area contributed by atoms with Crippen LogP contribution in [0.1, 0.15) is 57.0 Å². The number of hydrogen-bond acceptors (Lipinski definition) is 3. The number of nitrogens with zero attached hydrogens (tertiary/aromatic N) is 1. The fraction of sp³-hybridized carbons (Fsp3) is 0.786. The largest absolute Gasteiger partial charge is 0.308 e. The van der Waals surface area contributed by atoms with Gasteiger partial charge in [0.2, 0.25) is 0 Å². The van der Waals surface area contributed by atoms with Crippen LogP contribution in [0.25, 0.3) is 0 Å². The van der Waals surface area contributed by atoms with Crippen LogP contribution in [-0.4, -0.2) is 11.5 Å². The summed E-state index contributed by atoms with van der Waals surface area (Å²) in [4.78, 5) is 4.42. The van der Waals surface area contributed by atoms with Gasteiger partial charge in [-0.2, -0.15) is 0 Å². The Hall–Kier alpha value is -0.410. The van der Waals surface area contributed by atoms with Gasteiger partial charge in [-0.25, -0.2) is 4.98 Å². The third-order valence-corrected chi connectivity index (χ3v) is 4.74. The lowest BCUT2D eigenvalue weighted by Crippen LogP contribution is -2.29. The molecule has 3 unspecified atom stereocenters. The second-order valence-corrected chi connectivity index (χ2v) is 6.30. The zero-order valence-corrected chi connectivity index (χ0v) is 11.8. The maximum absolute atomic E-state index is 4.42. The topological polar surface area (TPSA) is 24.9 Å². The third kappa shape index (κ3) is 3.78. The molecule has 1 saturated carbocycles. The molecular weight excluding hydrogens is 228 g/mol. The number of aromatic nitrogens is 1. The minimum atomic E-state index is 0.465. The third-order valence-electron chi connectivity index (χ3n) is 3.86. The summed E-state index contributed by atoms with van der Waals surface area (Å²) in [6.07, 6.45) is 8.71. The van der Waals surface area contributed by atoms with Crippen molar-refractivity contribution in [2.45, 2.75) is 52.0 Å². The van der Waals surface area contributed by atoms with E-state index in [9.17, 15) is 0 Å². The lowest BCUT2D eigenvalue weighted by molar-refractivity contribution is 0.266. The van der Waals surface area contributed by atoms with E-state index >= 15 is 0 Å². The Morgan fingerprint density at radius 2 is 2.41 bits per heavy atom. The lowest BCUT2D eigenvalue weighted by atomic mass is 9.82. The average Bonchev–Trinajstić information content (AvgIpc) is 2.84. The van der Waals surface area contributed by atoms with Crippen molar-refractivity contribution in [2.75, 3.05) is 6.54 Å². The van der Waals surface area contributed by atoms with Gasteiger partial charge in [0.15, 0.2) is 0 Å². The highest BCUT2D eigenvalue weighted by atomic mass is 32.1. The van der Waals surface area contributed by atoms with Crippen molar-refractivity contribution in [2.24, 2.45) is 11.8 Å². The SMILES string of the molecule is CCC(NCC1CCCC(C)C1)c1nccs1. The Kier molecular flexibility index (Phi) is 4.99. The summed E-state index contributed by atoms with van der Waals surface area (Å²) in [6.45, 7) is 5.80. The Bertz CT molecular complexity index is 310. The fourth-order valence-corrected chi connectivity index (χ4v) is 3.66. The van der Waals surface area contributed by atoms with Crippen LogP contribution in [0.4, 0.5) is 0 Å². The molecule has 3 heteroatoms. The average molecular weight is 252 g/mol. The monoisotopic (exact) mass is 252 g/mol. The van der Waals surface area contributed by atoms with Crippen LogP contribution >= 0.6 is 11.3 Å². The minimum Gasteiger partial charge on any atom is -0.308 e. The van der Waals surface area contributed by atoms with Crippen LogP contribution in [0.15, 0.2) is 11.6 Å². The molecule has 1 aliphatic rings. The van der Waals surface area contributed by atoms with E-state index in [4.69, 9.17) is 0 Å². The van der Waals surface area contributed by atoms with Gasteiger partial charge in [0.1, 0.15) is 5.01 Å². The summed E-state index contributed by atoms with van der Waals surface area (Å²) < 4.78 is 0. The zero-order chi connectivity index (χ0) is 12.1. The van der Waals surface area contributed by atoms with Crippen molar-refractivity contribution in [3.63, 3.8) is 0 Å². The van der Waals surface area contributed by atoms with Gasteiger partial charge in [0, 0.05) is 11.6 Å². The van der Waals surface area contributed by atoms with Gasteiger partial charge < -0.3 is 5.32 Å². The van der Waals surface area contributed by atoms with E-state index in [0.717, 1.165) is 18.3 Å². The molecular formula is C14H24N2S. The molecule has 1 N–H and O–H groups in total. The number of rotatable bonds is 5. The van der Waals surface area contributed by atoms with Gasteiger partial charge in [0.05, 0.1) is 6.04 Å². The number of thiazole rings is 1. The molecule has 17 heavy (non-hydrogen) atoms. The molecule has 1 aromatic heterocycles. The van der Waals surface area contributed by atoms with E-state index in [1.165, 1.54) is 37.2 Å². The maximum atomic E-state index is 4.42. The summed E-state index contributed by atoms with van der Waals surface area (Å²) in [5.74, 6) is 1.81. The first kappa shape index (κ1) is 13.0. The smallest absolute Gasteiger partial charge is 0.109 e. The van der Waals surface area contributed by atoms with Crippen molar-refractivity contribution < 1.29 is 0 Å². The highest BCUT2D eigenvalue weighted by Crippen LogP contribution is 2.29. The summed E-state index contributed by atoms with van der Waals surface area (Å²) in [6, 6.07) is 0.465. The molecule has 2 rings (SSSR count). The Balaban J connectivity index is 1.80. The Morgan fingerprint density at radius 1 is 1.53 bits per heavy atom. The predicted octanol–water partition coefficient (Wildman–Crippen LogP) is 4.01. The molecule has 96 valence electrons. The van der Waals surface area contributed by atoms with E-state index in [1.807, 2.05) is 6.20 Å². The summed E-state index contributed by atoms with van der Waals surface area (Å²) in [5.41, 5.74) is 0. The molecule has 1 fully saturated rings. The minimum absolute atomic E-state index is 0.465. The first-order valence-corrected chi connectivity index (χ1v) is 7.80. The fourth-order valence-electron chi connectivity index (χ4n) is 2.87. The van der Waals surface area contributed by atoms with E-state index in [1.54, 1.807) is 11.3 Å². The maximum Gasteiger partial charge on any atom is 0.109 e. The van der Waals surface area contributed by atoms with E-state index in [-0.39, 0.29) is 0 Å². The van der Waals surface area contributed by atoms with Gasteiger partial charge in [-0.05, 0) is 37.6 Å². The molecule has 0 aromatic carbocycles. The van der Waals surface area contributed by atoms with Crippen LogP contribution in [0.5, 0.6) is 0 Å². The second-order valence-electron chi connectivity index (χ2n) is 5.38. The van der Waals surface area contributed by atoms with Crippen LogP contribution in [0, 0.1) is 11.8 Å². The highest BCUT2D eigenvalue weighted by molar-refractivity contribution is 7.09. The lowest BCUT2D eigenvalue weighted by Gasteiger charge is -2.28. The van der Waals surface area contributed by atoms with Crippen molar-refractivity contribution >= 4 is 11.3 Å². The van der Waals surface area contributed by atoms with E-state index in [0.29, 0.717) is 6.04 Å². The first-order valence-electron chi connectivity index (χ1n) is 6.92. The molecule has 1 aromatic rings. The van der Waals surface area contributed by atoms with Crippen molar-refractivity contribution in [3.8, 4) is 0 Å². The van der Waals surface area contributed by atoms with Crippen molar-refractivity contribution in [3.05, 3.63) is 16.6 Å². The molecule has 0 saturated heterocycles. The van der Waals surface area contributed by atoms with E-state index in [2.05, 4.69) is 29.5 Å². The van der Waals surface area contributed by atoms with Crippen molar-refractivity contribution in [1.82, 2.24) is 10.3 Å². The van der Waals surface area contributed by atoms with Gasteiger partial charge in [-0.1, -0.05) is 26.7 Å². The molecule has 1 heterocycles. The highest BCUT2D eigenvalue weighted by Gasteiger charge is 2.20. The number of hydrogen-bond donors (Lipinski definition) is 1. The summed E-state index contributed by atoms with van der Waals surface area (Å²) >= 11 is 1.77. The summed E-state index contributed by atoms with van der Waals surface area (Å²) in [5, 5.41) is 7.03. The standard InChI is InChI=1S/C14H24N2S/c1-3-13(14-15-7-8-17-14)16-10-12-6-4-5-11(2)9-12/h7-8,11-13,16H,3-6,9-10H2,1-2H3. The van der Waals surface area contributed by atoms with Crippen LogP contribution in [0.3, 0.4) is 0 Å². The molecule has 2 nitrogen and oxygen atoms in total. The molecule has 0 bridgehead atoms. The zero-order valence-electron chi connectivity index (χ0n) is 11.0. The molecule has 0 amide bonds. The second kappa shape index (κ2) is 6.50. The molecule has 0 aliphatic heterocycles. The summed E-state index contributed by atoms with van der Waals surface area (Å²) in [7, 11) is 0. The molecule has 3 atom stereocenters. The molecule has 1 aliphatic carbocycles.